The van der Waals surface area contributed by atoms with Gasteiger partial charge in [-0.3, -0.25) is 0 Å². The zero-order valence-electron chi connectivity index (χ0n) is 14.5. The zero-order chi connectivity index (χ0) is 17.4. The minimum Gasteiger partial charge on any atom is -0.369 e. The molecule has 1 fully saturated rings. The lowest BCUT2D eigenvalue weighted by Gasteiger charge is -2.35. The molecule has 0 radical (unpaired) electrons. The van der Waals surface area contributed by atoms with E-state index in [1.54, 1.807) is 6.33 Å². The Balaban J connectivity index is 1.73. The summed E-state index contributed by atoms with van der Waals surface area (Å²) in [6, 6.07) is 12.8. The van der Waals surface area contributed by atoms with Crippen molar-refractivity contribution < 1.29 is 0 Å². The Morgan fingerprint density at radius 1 is 0.960 bits per heavy atom. The molecule has 3 aromatic rings. The summed E-state index contributed by atoms with van der Waals surface area (Å²) in [4.78, 5) is 13.8. The van der Waals surface area contributed by atoms with Crippen LogP contribution in [0.15, 0.2) is 47.2 Å². The van der Waals surface area contributed by atoms with E-state index in [0.29, 0.717) is 0 Å². The number of rotatable bonds is 2. The summed E-state index contributed by atoms with van der Waals surface area (Å²) in [6.45, 7) is 6.59. The highest BCUT2D eigenvalue weighted by molar-refractivity contribution is 9.10. The van der Waals surface area contributed by atoms with Crippen molar-refractivity contribution in [3.8, 4) is 11.3 Å². The third kappa shape index (κ3) is 3.26. The van der Waals surface area contributed by atoms with Gasteiger partial charge in [-0.2, -0.15) is 0 Å². The Labute approximate surface area is 156 Å². The fraction of sp³-hybridized carbons (Fsp3) is 0.300. The number of aryl methyl sites for hydroxylation is 1. The average Bonchev–Trinajstić information content (AvgIpc) is 2.62. The monoisotopic (exact) mass is 396 g/mol. The maximum Gasteiger partial charge on any atom is 0.116 e. The SMILES string of the molecule is Cc1cc(-c2ncnc3ccc(Br)cc23)ccc1N1CCN(C)CC1. The van der Waals surface area contributed by atoms with Gasteiger partial charge in [-0.05, 0) is 49.9 Å². The molecule has 4 rings (SSSR count). The summed E-state index contributed by atoms with van der Waals surface area (Å²) in [5.41, 5.74) is 5.72. The Bertz CT molecular complexity index is 917. The number of anilines is 1. The predicted octanol–water partition coefficient (Wildman–Crippen LogP) is 4.12. The van der Waals surface area contributed by atoms with Gasteiger partial charge >= 0.3 is 0 Å². The summed E-state index contributed by atoms with van der Waals surface area (Å²) in [5.74, 6) is 0. The second kappa shape index (κ2) is 6.73. The first-order valence-corrected chi connectivity index (χ1v) is 9.36. The van der Waals surface area contributed by atoms with Crippen LogP contribution in [0.5, 0.6) is 0 Å². The van der Waals surface area contributed by atoms with Crippen LogP contribution < -0.4 is 4.90 Å². The summed E-state index contributed by atoms with van der Waals surface area (Å²) in [7, 11) is 2.19. The largest absolute Gasteiger partial charge is 0.369 e. The Morgan fingerprint density at radius 3 is 2.52 bits per heavy atom. The van der Waals surface area contributed by atoms with Crippen molar-refractivity contribution in [2.24, 2.45) is 0 Å². The molecule has 2 aromatic carbocycles. The van der Waals surface area contributed by atoms with Crippen LogP contribution in [0, 0.1) is 6.92 Å². The second-order valence-corrected chi connectivity index (χ2v) is 7.59. The summed E-state index contributed by atoms with van der Waals surface area (Å²) >= 11 is 3.56. The number of fused-ring (bicyclic) bond motifs is 1. The first kappa shape index (κ1) is 16.5. The van der Waals surface area contributed by atoms with Crippen molar-refractivity contribution in [2.45, 2.75) is 6.92 Å². The van der Waals surface area contributed by atoms with Gasteiger partial charge in [0, 0.05) is 47.3 Å². The van der Waals surface area contributed by atoms with E-state index in [0.717, 1.165) is 52.8 Å². The maximum absolute atomic E-state index is 4.56. The summed E-state index contributed by atoms with van der Waals surface area (Å²) in [6.07, 6.45) is 1.65. The van der Waals surface area contributed by atoms with E-state index >= 15 is 0 Å². The molecule has 0 saturated carbocycles. The lowest BCUT2D eigenvalue weighted by Crippen LogP contribution is -2.44. The molecular weight excluding hydrogens is 376 g/mol. The molecule has 0 amide bonds. The minimum atomic E-state index is 0.967. The smallest absolute Gasteiger partial charge is 0.116 e. The fourth-order valence-corrected chi connectivity index (χ4v) is 3.82. The van der Waals surface area contributed by atoms with Crippen molar-refractivity contribution in [3.05, 3.63) is 52.8 Å². The highest BCUT2D eigenvalue weighted by Gasteiger charge is 2.16. The van der Waals surface area contributed by atoms with Gasteiger partial charge in [0.2, 0.25) is 0 Å². The molecular formula is C20H21BrN4. The van der Waals surface area contributed by atoms with Crippen molar-refractivity contribution in [3.63, 3.8) is 0 Å². The molecule has 1 aliphatic heterocycles. The molecule has 25 heavy (non-hydrogen) atoms. The predicted molar refractivity (Wildman–Crippen MR) is 107 cm³/mol. The maximum atomic E-state index is 4.56. The molecule has 0 unspecified atom stereocenters. The molecule has 0 atom stereocenters. The van der Waals surface area contributed by atoms with E-state index in [4.69, 9.17) is 0 Å². The van der Waals surface area contributed by atoms with Gasteiger partial charge in [0.25, 0.3) is 0 Å². The van der Waals surface area contributed by atoms with Gasteiger partial charge in [0.05, 0.1) is 11.2 Å². The topological polar surface area (TPSA) is 32.3 Å². The number of likely N-dealkylation sites (N-methyl/N-ethyl adjacent to an activating group) is 1. The number of nitrogens with zero attached hydrogens (tertiary/aromatic N) is 4. The number of piperazine rings is 1. The number of aromatic nitrogens is 2. The molecule has 1 aromatic heterocycles. The van der Waals surface area contributed by atoms with E-state index < -0.39 is 0 Å². The molecule has 1 saturated heterocycles. The first-order chi connectivity index (χ1) is 12.1. The molecule has 0 spiro atoms. The first-order valence-electron chi connectivity index (χ1n) is 8.56. The fourth-order valence-electron chi connectivity index (χ4n) is 3.46. The number of hydrogen-bond donors (Lipinski definition) is 0. The third-order valence-electron chi connectivity index (χ3n) is 4.91. The van der Waals surface area contributed by atoms with Crippen molar-refractivity contribution >= 4 is 32.5 Å². The van der Waals surface area contributed by atoms with Crippen LogP contribution in [0.4, 0.5) is 5.69 Å². The number of hydrogen-bond acceptors (Lipinski definition) is 4. The van der Waals surface area contributed by atoms with Crippen LogP contribution in [0.2, 0.25) is 0 Å². The third-order valence-corrected chi connectivity index (χ3v) is 5.40. The standard InChI is InChI=1S/C20H21BrN4/c1-14-11-15(3-6-19(14)25-9-7-24(2)8-10-25)20-17-12-16(21)4-5-18(17)22-13-23-20/h3-6,11-13H,7-10H2,1-2H3. The normalized spacial score (nSPS) is 15.7. The van der Waals surface area contributed by atoms with E-state index in [9.17, 15) is 0 Å². The average molecular weight is 397 g/mol. The van der Waals surface area contributed by atoms with Crippen molar-refractivity contribution in [1.29, 1.82) is 0 Å². The van der Waals surface area contributed by atoms with Crippen LogP contribution in [0.25, 0.3) is 22.2 Å². The van der Waals surface area contributed by atoms with E-state index in [1.165, 1.54) is 11.3 Å². The van der Waals surface area contributed by atoms with Gasteiger partial charge in [-0.1, -0.05) is 22.0 Å². The Kier molecular flexibility index (Phi) is 4.44. The zero-order valence-corrected chi connectivity index (χ0v) is 16.1. The molecule has 5 heteroatoms. The van der Waals surface area contributed by atoms with Gasteiger partial charge in [-0.25, -0.2) is 9.97 Å². The second-order valence-electron chi connectivity index (χ2n) is 6.68. The molecule has 4 nitrogen and oxygen atoms in total. The number of benzene rings is 2. The molecule has 1 aliphatic rings. The van der Waals surface area contributed by atoms with Crippen LogP contribution in [-0.4, -0.2) is 48.1 Å². The molecule has 0 aliphatic carbocycles. The van der Waals surface area contributed by atoms with Crippen LogP contribution >= 0.6 is 15.9 Å². The molecule has 0 N–H and O–H groups in total. The van der Waals surface area contributed by atoms with Crippen molar-refractivity contribution in [2.75, 3.05) is 38.1 Å². The molecule has 2 heterocycles. The lowest BCUT2D eigenvalue weighted by atomic mass is 10.0. The highest BCUT2D eigenvalue weighted by atomic mass is 79.9. The summed E-state index contributed by atoms with van der Waals surface area (Å²) in [5, 5.41) is 1.07. The summed E-state index contributed by atoms with van der Waals surface area (Å²) < 4.78 is 1.04. The van der Waals surface area contributed by atoms with Gasteiger partial charge in [-0.15, -0.1) is 0 Å². The lowest BCUT2D eigenvalue weighted by molar-refractivity contribution is 0.312. The van der Waals surface area contributed by atoms with E-state index in [2.05, 4.69) is 73.9 Å². The van der Waals surface area contributed by atoms with Gasteiger partial charge in [0.15, 0.2) is 0 Å². The number of halogens is 1. The highest BCUT2D eigenvalue weighted by Crippen LogP contribution is 2.31. The van der Waals surface area contributed by atoms with Crippen molar-refractivity contribution in [1.82, 2.24) is 14.9 Å². The Morgan fingerprint density at radius 2 is 1.76 bits per heavy atom. The molecule has 0 bridgehead atoms. The molecule has 128 valence electrons. The van der Waals surface area contributed by atoms with Gasteiger partial charge in [0.1, 0.15) is 6.33 Å². The quantitative estimate of drug-likeness (QED) is 0.651. The minimum absolute atomic E-state index is 0.967. The van der Waals surface area contributed by atoms with Crippen LogP contribution in [-0.2, 0) is 0 Å². The van der Waals surface area contributed by atoms with Crippen LogP contribution in [0.3, 0.4) is 0 Å². The van der Waals surface area contributed by atoms with Crippen LogP contribution in [0.1, 0.15) is 5.56 Å². The Hall–Kier alpha value is -1.98. The van der Waals surface area contributed by atoms with E-state index in [1.807, 2.05) is 12.1 Å². The van der Waals surface area contributed by atoms with Gasteiger partial charge < -0.3 is 9.80 Å². The van der Waals surface area contributed by atoms with E-state index in [-0.39, 0.29) is 0 Å².